The van der Waals surface area contributed by atoms with Crippen LogP contribution in [0, 0.1) is 5.92 Å². The summed E-state index contributed by atoms with van der Waals surface area (Å²) in [6, 6.07) is -1.43. The van der Waals surface area contributed by atoms with Gasteiger partial charge in [-0.2, -0.15) is 0 Å². The van der Waals surface area contributed by atoms with Gasteiger partial charge in [0.1, 0.15) is 17.7 Å². The van der Waals surface area contributed by atoms with Crippen molar-refractivity contribution >= 4 is 18.0 Å². The van der Waals surface area contributed by atoms with E-state index in [1.54, 1.807) is 20.8 Å². The Labute approximate surface area is 182 Å². The fourth-order valence-electron chi connectivity index (χ4n) is 3.88. The SMILES string of the molecule is CCCCCCC[C@H](NC(=O)[C@@H](CC1CCCC1)NC(=O)OC(C)(C)C)C(=O)OC. The van der Waals surface area contributed by atoms with Gasteiger partial charge in [-0.15, -0.1) is 0 Å². The molecule has 0 spiro atoms. The molecule has 0 radical (unpaired) electrons. The highest BCUT2D eigenvalue weighted by Gasteiger charge is 2.31. The summed E-state index contributed by atoms with van der Waals surface area (Å²) in [4.78, 5) is 37.5. The molecule has 1 saturated carbocycles. The molecule has 0 aromatic carbocycles. The van der Waals surface area contributed by atoms with Gasteiger partial charge in [-0.25, -0.2) is 9.59 Å². The van der Waals surface area contributed by atoms with Crippen molar-refractivity contribution in [2.24, 2.45) is 5.92 Å². The average molecular weight is 427 g/mol. The zero-order valence-corrected chi connectivity index (χ0v) is 19.6. The maximum atomic E-state index is 13.0. The third-order valence-electron chi connectivity index (χ3n) is 5.45. The number of amides is 2. The first kappa shape index (κ1) is 26.2. The summed E-state index contributed by atoms with van der Waals surface area (Å²) < 4.78 is 10.2. The van der Waals surface area contributed by atoms with Crippen molar-refractivity contribution in [2.75, 3.05) is 7.11 Å². The summed E-state index contributed by atoms with van der Waals surface area (Å²) in [7, 11) is 1.33. The Balaban J connectivity index is 2.74. The minimum atomic E-state index is -0.727. The lowest BCUT2D eigenvalue weighted by Crippen LogP contribution is -2.53. The van der Waals surface area contributed by atoms with Crippen LogP contribution in [0.4, 0.5) is 4.79 Å². The number of ether oxygens (including phenoxy) is 2. The fraction of sp³-hybridized carbons (Fsp3) is 0.870. The zero-order chi connectivity index (χ0) is 22.6. The molecule has 1 rings (SSSR count). The molecule has 1 aliphatic rings. The molecular formula is C23H42N2O5. The maximum absolute atomic E-state index is 13.0. The van der Waals surface area contributed by atoms with E-state index in [1.165, 1.54) is 13.5 Å². The third kappa shape index (κ3) is 10.8. The molecule has 1 aliphatic carbocycles. The molecule has 0 aromatic rings. The lowest BCUT2D eigenvalue weighted by molar-refractivity contribution is -0.145. The Morgan fingerprint density at radius 3 is 2.17 bits per heavy atom. The van der Waals surface area contributed by atoms with Crippen LogP contribution in [0.3, 0.4) is 0 Å². The second kappa shape index (κ2) is 13.5. The maximum Gasteiger partial charge on any atom is 0.408 e. The summed E-state index contributed by atoms with van der Waals surface area (Å²) in [6.07, 6.45) is 10.1. The third-order valence-corrected chi connectivity index (χ3v) is 5.45. The topological polar surface area (TPSA) is 93.7 Å². The number of carbonyl (C=O) groups is 3. The fourth-order valence-corrected chi connectivity index (χ4v) is 3.88. The van der Waals surface area contributed by atoms with Gasteiger partial charge in [0.05, 0.1) is 7.11 Å². The molecule has 7 nitrogen and oxygen atoms in total. The van der Waals surface area contributed by atoms with E-state index >= 15 is 0 Å². The van der Waals surface area contributed by atoms with Crippen molar-refractivity contribution in [1.29, 1.82) is 0 Å². The highest BCUT2D eigenvalue weighted by atomic mass is 16.6. The number of alkyl carbamates (subject to hydrolysis) is 1. The Morgan fingerprint density at radius 1 is 0.967 bits per heavy atom. The Bertz CT molecular complexity index is 538. The van der Waals surface area contributed by atoms with E-state index in [4.69, 9.17) is 9.47 Å². The quantitative estimate of drug-likeness (QED) is 0.354. The smallest absolute Gasteiger partial charge is 0.408 e. The van der Waals surface area contributed by atoms with Crippen LogP contribution in [-0.4, -0.2) is 42.8 Å². The molecule has 30 heavy (non-hydrogen) atoms. The Kier molecular flexibility index (Phi) is 11.8. The van der Waals surface area contributed by atoms with Crippen molar-refractivity contribution in [3.05, 3.63) is 0 Å². The van der Waals surface area contributed by atoms with Crippen molar-refractivity contribution in [2.45, 2.75) is 116 Å². The highest BCUT2D eigenvalue weighted by molar-refractivity contribution is 5.89. The van der Waals surface area contributed by atoms with E-state index in [-0.39, 0.29) is 5.91 Å². The van der Waals surface area contributed by atoms with E-state index in [2.05, 4.69) is 17.6 Å². The van der Waals surface area contributed by atoms with Crippen LogP contribution in [0.2, 0.25) is 0 Å². The van der Waals surface area contributed by atoms with Crippen molar-refractivity contribution in [3.8, 4) is 0 Å². The van der Waals surface area contributed by atoms with E-state index < -0.39 is 29.7 Å². The molecule has 1 fully saturated rings. The van der Waals surface area contributed by atoms with Gasteiger partial charge in [0.2, 0.25) is 5.91 Å². The van der Waals surface area contributed by atoms with Crippen LogP contribution < -0.4 is 10.6 Å². The number of rotatable bonds is 12. The molecule has 2 N–H and O–H groups in total. The predicted octanol–water partition coefficient (Wildman–Crippen LogP) is 4.48. The second-order valence-corrected chi connectivity index (χ2v) is 9.37. The van der Waals surface area contributed by atoms with E-state index in [9.17, 15) is 14.4 Å². The summed E-state index contributed by atoms with van der Waals surface area (Å²) in [5.41, 5.74) is -0.647. The summed E-state index contributed by atoms with van der Waals surface area (Å²) in [6.45, 7) is 7.50. The average Bonchev–Trinajstić information content (AvgIpc) is 3.17. The van der Waals surface area contributed by atoms with Crippen LogP contribution in [0.1, 0.15) is 98.3 Å². The van der Waals surface area contributed by atoms with Gasteiger partial charge in [-0.05, 0) is 39.5 Å². The normalized spacial score (nSPS) is 16.6. The van der Waals surface area contributed by atoms with Crippen LogP contribution in [0.25, 0.3) is 0 Å². The number of carbonyl (C=O) groups excluding carboxylic acids is 3. The molecule has 0 aliphatic heterocycles. The van der Waals surface area contributed by atoms with Gasteiger partial charge in [-0.1, -0.05) is 64.7 Å². The van der Waals surface area contributed by atoms with Gasteiger partial charge < -0.3 is 20.1 Å². The van der Waals surface area contributed by atoms with E-state index in [0.29, 0.717) is 18.8 Å². The van der Waals surface area contributed by atoms with Gasteiger partial charge in [0, 0.05) is 0 Å². The largest absolute Gasteiger partial charge is 0.467 e. The molecule has 0 heterocycles. The van der Waals surface area contributed by atoms with Gasteiger partial charge >= 0.3 is 12.1 Å². The van der Waals surface area contributed by atoms with Crippen LogP contribution in [0.5, 0.6) is 0 Å². The molecule has 0 unspecified atom stereocenters. The van der Waals surface area contributed by atoms with Crippen LogP contribution in [-0.2, 0) is 19.1 Å². The zero-order valence-electron chi connectivity index (χ0n) is 19.6. The number of methoxy groups -OCH3 is 1. The molecule has 2 amide bonds. The van der Waals surface area contributed by atoms with Crippen molar-refractivity contribution in [3.63, 3.8) is 0 Å². The van der Waals surface area contributed by atoms with Crippen molar-refractivity contribution < 1.29 is 23.9 Å². The molecule has 0 aromatic heterocycles. The Hall–Kier alpha value is -1.79. The van der Waals surface area contributed by atoms with Gasteiger partial charge in [0.25, 0.3) is 0 Å². The molecule has 174 valence electrons. The number of esters is 1. The van der Waals surface area contributed by atoms with E-state index in [1.807, 2.05) is 0 Å². The van der Waals surface area contributed by atoms with Gasteiger partial charge in [-0.3, -0.25) is 4.79 Å². The Morgan fingerprint density at radius 2 is 1.60 bits per heavy atom. The summed E-state index contributed by atoms with van der Waals surface area (Å²) >= 11 is 0. The standard InChI is InChI=1S/C23H42N2O5/c1-6-7-8-9-10-15-18(21(27)29-5)24-20(26)19(16-17-13-11-12-14-17)25-22(28)30-23(2,3)4/h17-19H,6-16H2,1-5H3,(H,24,26)(H,25,28)/t18-,19+/m0/s1. The molecule has 7 heteroatoms. The second-order valence-electron chi connectivity index (χ2n) is 9.37. The minimum Gasteiger partial charge on any atom is -0.467 e. The predicted molar refractivity (Wildman–Crippen MR) is 117 cm³/mol. The van der Waals surface area contributed by atoms with Gasteiger partial charge in [0.15, 0.2) is 0 Å². The monoisotopic (exact) mass is 426 g/mol. The number of unbranched alkanes of at least 4 members (excludes halogenated alkanes) is 4. The minimum absolute atomic E-state index is 0.350. The van der Waals surface area contributed by atoms with Crippen LogP contribution in [0.15, 0.2) is 0 Å². The molecule has 2 atom stereocenters. The first-order chi connectivity index (χ1) is 14.2. The highest BCUT2D eigenvalue weighted by Crippen LogP contribution is 2.28. The summed E-state index contributed by atoms with van der Waals surface area (Å²) in [5, 5.41) is 5.54. The molecule has 0 bridgehead atoms. The first-order valence-corrected chi connectivity index (χ1v) is 11.5. The number of nitrogens with one attached hydrogen (secondary N) is 2. The summed E-state index contributed by atoms with van der Waals surface area (Å²) in [5.74, 6) is -0.409. The number of hydrogen-bond acceptors (Lipinski definition) is 5. The molecular weight excluding hydrogens is 384 g/mol. The lowest BCUT2D eigenvalue weighted by Gasteiger charge is -2.26. The lowest BCUT2D eigenvalue weighted by atomic mass is 9.97. The molecule has 0 saturated heterocycles. The van der Waals surface area contributed by atoms with Crippen molar-refractivity contribution in [1.82, 2.24) is 10.6 Å². The number of hydrogen-bond donors (Lipinski definition) is 2. The first-order valence-electron chi connectivity index (χ1n) is 11.5. The van der Waals surface area contributed by atoms with E-state index in [0.717, 1.165) is 51.4 Å². The van der Waals surface area contributed by atoms with Crippen LogP contribution >= 0.6 is 0 Å².